The molecule has 31 heavy (non-hydrogen) atoms. The number of rotatable bonds is 7. The van der Waals surface area contributed by atoms with Crippen LogP contribution in [0.25, 0.3) is 0 Å². The highest BCUT2D eigenvalue weighted by Crippen LogP contribution is 2.30. The van der Waals surface area contributed by atoms with Gasteiger partial charge in [0.25, 0.3) is 11.8 Å². The van der Waals surface area contributed by atoms with E-state index >= 15 is 0 Å². The van der Waals surface area contributed by atoms with Gasteiger partial charge in [-0.1, -0.05) is 35.3 Å². The number of carbonyl (C=O) groups is 3. The van der Waals surface area contributed by atoms with Crippen LogP contribution >= 0.6 is 23.2 Å². The van der Waals surface area contributed by atoms with Crippen LogP contribution in [0.15, 0.2) is 30.5 Å². The molecule has 0 spiro atoms. The highest BCUT2D eigenvalue weighted by molar-refractivity contribution is 6.44. The number of hydrogen-bond donors (Lipinski definition) is 3. The zero-order valence-corrected chi connectivity index (χ0v) is 17.0. The number of hydrogen-bond acceptors (Lipinski definition) is 6. The monoisotopic (exact) mass is 478 g/mol. The lowest BCUT2D eigenvalue weighted by atomic mass is 10.00. The molecule has 0 bridgehead atoms. The second kappa shape index (κ2) is 9.84. The Morgan fingerprint density at radius 1 is 1.16 bits per heavy atom. The lowest BCUT2D eigenvalue weighted by Gasteiger charge is -2.20. The maximum absolute atomic E-state index is 12.7. The molecule has 2 amide bonds. The number of ether oxygens (including phenoxy) is 1. The first kappa shape index (κ1) is 24.2. The summed E-state index contributed by atoms with van der Waals surface area (Å²) in [5, 5.41) is 2.04. The molecule has 0 aliphatic carbocycles. The Bertz CT molecular complexity index is 1000. The molecule has 13 heteroatoms. The lowest BCUT2D eigenvalue weighted by Crippen LogP contribution is -2.42. The van der Waals surface area contributed by atoms with Crippen LogP contribution < -0.4 is 16.8 Å². The standard InChI is InChI=1S/C18H15Cl2F3N4O4/c19-10-3-2-9(13(14(10)20)15(25)28)5-11(31-17(30)18(21,22)23)16(29)27-7-8-1-4-12(24)26-6-8/h1-4,6,11H,5,7H2,(H2,24,26)(H2,25,28)(H,27,29)/t11-/m0/s1. The maximum atomic E-state index is 12.7. The molecule has 2 rings (SSSR count). The van der Waals surface area contributed by atoms with Crippen LogP contribution in [0.2, 0.25) is 10.0 Å². The lowest BCUT2D eigenvalue weighted by molar-refractivity contribution is -0.205. The van der Waals surface area contributed by atoms with E-state index in [-0.39, 0.29) is 33.5 Å². The minimum atomic E-state index is -5.34. The van der Waals surface area contributed by atoms with Gasteiger partial charge in [0.2, 0.25) is 0 Å². The zero-order chi connectivity index (χ0) is 23.3. The summed E-state index contributed by atoms with van der Waals surface area (Å²) in [5.41, 5.74) is 10.9. The third-order valence-electron chi connectivity index (χ3n) is 3.92. The van der Waals surface area contributed by atoms with E-state index in [1.165, 1.54) is 30.5 Å². The Hall–Kier alpha value is -3.05. The van der Waals surface area contributed by atoms with Gasteiger partial charge in [-0.2, -0.15) is 13.2 Å². The summed E-state index contributed by atoms with van der Waals surface area (Å²) in [6, 6.07) is 5.48. The summed E-state index contributed by atoms with van der Waals surface area (Å²) in [4.78, 5) is 39.4. The predicted octanol–water partition coefficient (Wildman–Crippen LogP) is 2.40. The van der Waals surface area contributed by atoms with Gasteiger partial charge in [-0.3, -0.25) is 9.59 Å². The summed E-state index contributed by atoms with van der Waals surface area (Å²) < 4.78 is 42.4. The maximum Gasteiger partial charge on any atom is 0.490 e. The number of anilines is 1. The van der Waals surface area contributed by atoms with Gasteiger partial charge in [-0.15, -0.1) is 0 Å². The van der Waals surface area contributed by atoms with Gasteiger partial charge in [-0.05, 0) is 23.3 Å². The molecule has 1 aromatic heterocycles. The van der Waals surface area contributed by atoms with Crippen LogP contribution in [0.1, 0.15) is 21.5 Å². The van der Waals surface area contributed by atoms with Crippen molar-refractivity contribution in [1.82, 2.24) is 10.3 Å². The van der Waals surface area contributed by atoms with Gasteiger partial charge in [0.1, 0.15) is 5.82 Å². The summed E-state index contributed by atoms with van der Waals surface area (Å²) in [6.07, 6.45) is -6.57. The average molecular weight is 479 g/mol. The fourth-order valence-corrected chi connectivity index (χ4v) is 2.89. The molecule has 1 aromatic carbocycles. The second-order valence-electron chi connectivity index (χ2n) is 6.16. The molecule has 0 unspecified atom stereocenters. The first-order chi connectivity index (χ1) is 14.4. The van der Waals surface area contributed by atoms with Crippen LogP contribution in [0.4, 0.5) is 19.0 Å². The van der Waals surface area contributed by atoms with Crippen LogP contribution in [0.3, 0.4) is 0 Å². The van der Waals surface area contributed by atoms with Crippen molar-refractivity contribution in [1.29, 1.82) is 0 Å². The van der Waals surface area contributed by atoms with Crippen molar-refractivity contribution in [2.75, 3.05) is 5.73 Å². The van der Waals surface area contributed by atoms with Gasteiger partial charge in [0, 0.05) is 19.2 Å². The van der Waals surface area contributed by atoms with Crippen LogP contribution in [-0.4, -0.2) is 35.0 Å². The van der Waals surface area contributed by atoms with Crippen molar-refractivity contribution in [3.63, 3.8) is 0 Å². The Morgan fingerprint density at radius 3 is 2.39 bits per heavy atom. The molecule has 0 radical (unpaired) electrons. The van der Waals surface area contributed by atoms with Gasteiger partial charge < -0.3 is 21.5 Å². The number of nitrogens with two attached hydrogens (primary N) is 2. The average Bonchev–Trinajstić information content (AvgIpc) is 2.68. The largest absolute Gasteiger partial charge is 0.490 e. The highest BCUT2D eigenvalue weighted by atomic mass is 35.5. The number of aromatic nitrogens is 1. The number of esters is 1. The number of amides is 2. The van der Waals surface area contributed by atoms with Crippen LogP contribution in [-0.2, 0) is 27.3 Å². The highest BCUT2D eigenvalue weighted by Gasteiger charge is 2.43. The Balaban J connectivity index is 2.29. The summed E-state index contributed by atoms with van der Waals surface area (Å²) >= 11 is 11.8. The predicted molar refractivity (Wildman–Crippen MR) is 105 cm³/mol. The van der Waals surface area contributed by atoms with E-state index in [1.54, 1.807) is 0 Å². The SMILES string of the molecule is NC(=O)c1c(C[C@H](OC(=O)C(F)(F)F)C(=O)NCc2ccc(N)nc2)ccc(Cl)c1Cl. The van der Waals surface area contributed by atoms with Crippen LogP contribution in [0.5, 0.6) is 0 Å². The van der Waals surface area contributed by atoms with Crippen molar-refractivity contribution < 1.29 is 32.3 Å². The van der Waals surface area contributed by atoms with Crippen LogP contribution in [0, 0.1) is 0 Å². The third-order valence-corrected chi connectivity index (χ3v) is 4.72. The van der Waals surface area contributed by atoms with Gasteiger partial charge in [0.05, 0.1) is 15.6 Å². The smallest absolute Gasteiger partial charge is 0.445 e. The Labute approximate surface area is 183 Å². The van der Waals surface area contributed by atoms with Crippen molar-refractivity contribution in [2.24, 2.45) is 5.73 Å². The van der Waals surface area contributed by atoms with Gasteiger partial charge in [-0.25, -0.2) is 9.78 Å². The summed E-state index contributed by atoms with van der Waals surface area (Å²) in [6.45, 7) is -0.143. The molecule has 1 heterocycles. The molecule has 2 aromatic rings. The van der Waals surface area contributed by atoms with Crippen molar-refractivity contribution >= 4 is 46.8 Å². The molecular formula is C18H15Cl2F3N4O4. The fraction of sp³-hybridized carbons (Fsp3) is 0.222. The van der Waals surface area contributed by atoms with E-state index in [2.05, 4.69) is 15.0 Å². The number of nitrogen functional groups attached to an aromatic ring is 1. The molecule has 0 saturated carbocycles. The number of carbonyl (C=O) groups excluding carboxylic acids is 3. The number of nitrogens with one attached hydrogen (secondary N) is 1. The quantitative estimate of drug-likeness (QED) is 0.522. The number of halogens is 5. The van der Waals surface area contributed by atoms with E-state index in [0.29, 0.717) is 5.56 Å². The van der Waals surface area contributed by atoms with E-state index in [1.807, 2.05) is 0 Å². The molecule has 8 nitrogen and oxygen atoms in total. The topological polar surface area (TPSA) is 137 Å². The van der Waals surface area contributed by atoms with Gasteiger partial charge in [0.15, 0.2) is 6.10 Å². The second-order valence-corrected chi connectivity index (χ2v) is 6.95. The number of pyridine rings is 1. The molecular weight excluding hydrogens is 464 g/mol. The molecule has 5 N–H and O–H groups in total. The number of benzene rings is 1. The minimum absolute atomic E-state index is 0.0359. The zero-order valence-electron chi connectivity index (χ0n) is 15.5. The normalized spacial score (nSPS) is 12.2. The van der Waals surface area contributed by atoms with E-state index in [0.717, 1.165) is 0 Å². The number of alkyl halides is 3. The molecule has 166 valence electrons. The summed E-state index contributed by atoms with van der Waals surface area (Å²) in [7, 11) is 0. The van der Waals surface area contributed by atoms with Gasteiger partial charge >= 0.3 is 12.1 Å². The molecule has 0 aliphatic heterocycles. The molecule has 0 aliphatic rings. The molecule has 0 fully saturated rings. The summed E-state index contributed by atoms with van der Waals surface area (Å²) in [5.74, 6) is -4.44. The van der Waals surface area contributed by atoms with E-state index in [4.69, 9.17) is 34.7 Å². The van der Waals surface area contributed by atoms with E-state index in [9.17, 15) is 27.6 Å². The fourth-order valence-electron chi connectivity index (χ4n) is 2.45. The Kier molecular flexibility index (Phi) is 7.69. The van der Waals surface area contributed by atoms with E-state index < -0.39 is 36.5 Å². The number of nitrogens with zero attached hydrogens (tertiary/aromatic N) is 1. The van der Waals surface area contributed by atoms with Crippen molar-refractivity contribution in [3.05, 3.63) is 57.2 Å². The molecule has 0 saturated heterocycles. The van der Waals surface area contributed by atoms with Crippen molar-refractivity contribution in [2.45, 2.75) is 25.2 Å². The minimum Gasteiger partial charge on any atom is -0.445 e. The first-order valence-electron chi connectivity index (χ1n) is 8.42. The third kappa shape index (κ3) is 6.46. The Morgan fingerprint density at radius 2 is 1.84 bits per heavy atom. The van der Waals surface area contributed by atoms with Crippen molar-refractivity contribution in [3.8, 4) is 0 Å². The number of primary amides is 1. The first-order valence-corrected chi connectivity index (χ1v) is 9.18. The molecule has 1 atom stereocenters.